The van der Waals surface area contributed by atoms with Crippen molar-refractivity contribution in [2.75, 3.05) is 7.11 Å². The first kappa shape index (κ1) is 17.5. The second kappa shape index (κ2) is 8.14. The molecule has 0 saturated carbocycles. The summed E-state index contributed by atoms with van der Waals surface area (Å²) in [6.45, 7) is 3.73. The monoisotopic (exact) mass is 328 g/mol. The number of hydrogen-bond acceptors (Lipinski definition) is 6. The number of methoxy groups -OCH3 is 1. The van der Waals surface area contributed by atoms with E-state index in [1.807, 2.05) is 26.0 Å². The highest BCUT2D eigenvalue weighted by atomic mass is 16.5. The zero-order valence-electron chi connectivity index (χ0n) is 13.9. The van der Waals surface area contributed by atoms with Gasteiger partial charge in [-0.25, -0.2) is 9.97 Å². The van der Waals surface area contributed by atoms with Crippen LogP contribution >= 0.6 is 0 Å². The summed E-state index contributed by atoms with van der Waals surface area (Å²) in [6, 6.07) is 3.43. The number of amides is 1. The zero-order valence-corrected chi connectivity index (χ0v) is 13.9. The van der Waals surface area contributed by atoms with Gasteiger partial charge >= 0.3 is 5.97 Å². The van der Waals surface area contributed by atoms with Crippen LogP contribution in [-0.4, -0.2) is 33.9 Å². The first-order valence-corrected chi connectivity index (χ1v) is 7.61. The third-order valence-electron chi connectivity index (χ3n) is 3.58. The molecule has 2 aromatic rings. The molecular formula is C17H20N4O3. The van der Waals surface area contributed by atoms with Gasteiger partial charge in [-0.05, 0) is 26.0 Å². The Kier molecular flexibility index (Phi) is 5.95. The molecule has 0 saturated heterocycles. The van der Waals surface area contributed by atoms with Gasteiger partial charge in [0.2, 0.25) is 5.91 Å². The zero-order chi connectivity index (χ0) is 17.5. The highest BCUT2D eigenvalue weighted by Gasteiger charge is 2.15. The molecule has 2 aromatic heterocycles. The molecule has 0 aliphatic carbocycles. The molecule has 1 amide bonds. The number of pyridine rings is 1. The van der Waals surface area contributed by atoms with Crippen molar-refractivity contribution in [2.45, 2.75) is 32.7 Å². The maximum Gasteiger partial charge on any atom is 0.306 e. The van der Waals surface area contributed by atoms with Gasteiger partial charge in [-0.1, -0.05) is 0 Å². The van der Waals surface area contributed by atoms with Crippen LogP contribution in [0.15, 0.2) is 30.7 Å². The van der Waals surface area contributed by atoms with E-state index in [9.17, 15) is 9.59 Å². The van der Waals surface area contributed by atoms with E-state index in [4.69, 9.17) is 0 Å². The lowest BCUT2D eigenvalue weighted by molar-refractivity contribution is -0.142. The molecule has 7 heteroatoms. The molecule has 0 aliphatic heterocycles. The molecule has 1 N–H and O–H groups in total. The summed E-state index contributed by atoms with van der Waals surface area (Å²) < 4.78 is 4.52. The number of ether oxygens (including phenoxy) is 1. The summed E-state index contributed by atoms with van der Waals surface area (Å²) in [7, 11) is 1.30. The molecule has 2 rings (SSSR count). The Morgan fingerprint density at radius 3 is 2.58 bits per heavy atom. The Hall–Kier alpha value is -2.83. The van der Waals surface area contributed by atoms with Crippen LogP contribution in [0.5, 0.6) is 0 Å². The maximum atomic E-state index is 11.9. The van der Waals surface area contributed by atoms with Crippen LogP contribution < -0.4 is 5.32 Å². The lowest BCUT2D eigenvalue weighted by atomic mass is 10.1. The first-order chi connectivity index (χ1) is 11.5. The molecule has 24 heavy (non-hydrogen) atoms. The van der Waals surface area contributed by atoms with Gasteiger partial charge in [-0.2, -0.15) is 0 Å². The van der Waals surface area contributed by atoms with Crippen LogP contribution in [0, 0.1) is 6.92 Å². The molecule has 0 fully saturated rings. The molecule has 0 bridgehead atoms. The maximum absolute atomic E-state index is 11.9. The normalized spacial score (nSPS) is 11.6. The van der Waals surface area contributed by atoms with Crippen LogP contribution in [0.4, 0.5) is 0 Å². The van der Waals surface area contributed by atoms with E-state index >= 15 is 0 Å². The Morgan fingerprint density at radius 2 is 1.96 bits per heavy atom. The van der Waals surface area contributed by atoms with Crippen molar-refractivity contribution in [3.8, 4) is 11.4 Å². The molecule has 1 unspecified atom stereocenters. The number of rotatable bonds is 6. The Labute approximate surface area is 140 Å². The van der Waals surface area contributed by atoms with E-state index in [-0.39, 0.29) is 24.8 Å². The minimum Gasteiger partial charge on any atom is -0.469 e. The minimum absolute atomic E-state index is 0.0610. The number of esters is 1. The van der Waals surface area contributed by atoms with Gasteiger partial charge in [0.1, 0.15) is 0 Å². The topological polar surface area (TPSA) is 94.1 Å². The average Bonchev–Trinajstić information content (AvgIpc) is 2.60. The molecule has 0 spiro atoms. The van der Waals surface area contributed by atoms with Crippen LogP contribution in [0.25, 0.3) is 11.4 Å². The molecule has 0 aromatic carbocycles. The third-order valence-corrected chi connectivity index (χ3v) is 3.58. The van der Waals surface area contributed by atoms with Gasteiger partial charge < -0.3 is 10.1 Å². The number of aryl methyl sites for hydroxylation is 1. The number of carbonyl (C=O) groups is 2. The first-order valence-electron chi connectivity index (χ1n) is 7.61. The summed E-state index contributed by atoms with van der Waals surface area (Å²) in [6.07, 6.45) is 5.24. The standard InChI is InChI=1S/C17H20N4O3/c1-11(20-15(22)4-5-16(23)24-3)14-10-19-17(21-12(14)2)13-6-8-18-9-7-13/h6-11H,4-5H2,1-3H3,(H,20,22). The van der Waals surface area contributed by atoms with Gasteiger partial charge in [-0.15, -0.1) is 0 Å². The summed E-state index contributed by atoms with van der Waals surface area (Å²) in [5.41, 5.74) is 2.51. The van der Waals surface area contributed by atoms with Crippen molar-refractivity contribution in [2.24, 2.45) is 0 Å². The van der Waals surface area contributed by atoms with Crippen LogP contribution in [0.1, 0.15) is 37.1 Å². The van der Waals surface area contributed by atoms with Crippen LogP contribution in [0.2, 0.25) is 0 Å². The highest BCUT2D eigenvalue weighted by Crippen LogP contribution is 2.19. The minimum atomic E-state index is -0.404. The fraction of sp³-hybridized carbons (Fsp3) is 0.353. The number of aromatic nitrogens is 3. The van der Waals surface area contributed by atoms with Crippen molar-refractivity contribution in [1.29, 1.82) is 0 Å². The van der Waals surface area contributed by atoms with Gasteiger partial charge in [0, 0.05) is 41.8 Å². The molecule has 7 nitrogen and oxygen atoms in total. The summed E-state index contributed by atoms with van der Waals surface area (Å²) in [4.78, 5) is 35.8. The van der Waals surface area contributed by atoms with Crippen molar-refractivity contribution in [3.63, 3.8) is 0 Å². The van der Waals surface area contributed by atoms with Crippen molar-refractivity contribution < 1.29 is 14.3 Å². The van der Waals surface area contributed by atoms with Crippen molar-refractivity contribution in [1.82, 2.24) is 20.3 Å². The van der Waals surface area contributed by atoms with Gasteiger partial charge in [0.25, 0.3) is 0 Å². The predicted molar refractivity (Wildman–Crippen MR) is 87.8 cm³/mol. The van der Waals surface area contributed by atoms with E-state index in [1.165, 1.54) is 7.11 Å². The summed E-state index contributed by atoms with van der Waals surface area (Å²) >= 11 is 0. The highest BCUT2D eigenvalue weighted by molar-refractivity contribution is 5.81. The molecule has 1 atom stereocenters. The lowest BCUT2D eigenvalue weighted by Gasteiger charge is -2.16. The fourth-order valence-electron chi connectivity index (χ4n) is 2.25. The number of hydrogen-bond donors (Lipinski definition) is 1. The smallest absolute Gasteiger partial charge is 0.306 e. The molecular weight excluding hydrogens is 308 g/mol. The van der Waals surface area contributed by atoms with Gasteiger partial charge in [0.05, 0.1) is 19.6 Å². The second-order valence-electron chi connectivity index (χ2n) is 5.34. The third kappa shape index (κ3) is 4.58. The van der Waals surface area contributed by atoms with Crippen LogP contribution in [-0.2, 0) is 14.3 Å². The average molecular weight is 328 g/mol. The van der Waals surface area contributed by atoms with E-state index in [2.05, 4.69) is 25.0 Å². The van der Waals surface area contributed by atoms with Crippen molar-refractivity contribution >= 4 is 11.9 Å². The molecule has 2 heterocycles. The predicted octanol–water partition coefficient (Wildman–Crippen LogP) is 1.98. The van der Waals surface area contributed by atoms with Crippen LogP contribution in [0.3, 0.4) is 0 Å². The summed E-state index contributed by atoms with van der Waals surface area (Å²) in [5, 5.41) is 2.84. The van der Waals surface area contributed by atoms with Gasteiger partial charge in [0.15, 0.2) is 5.82 Å². The lowest BCUT2D eigenvalue weighted by Crippen LogP contribution is -2.27. The van der Waals surface area contributed by atoms with Gasteiger partial charge in [-0.3, -0.25) is 14.6 Å². The summed E-state index contributed by atoms with van der Waals surface area (Å²) in [5.74, 6) is -0.00704. The number of nitrogens with one attached hydrogen (secondary N) is 1. The largest absolute Gasteiger partial charge is 0.469 e. The molecule has 126 valence electrons. The Morgan fingerprint density at radius 1 is 1.25 bits per heavy atom. The second-order valence-corrected chi connectivity index (χ2v) is 5.34. The fourth-order valence-corrected chi connectivity index (χ4v) is 2.25. The quantitative estimate of drug-likeness (QED) is 0.815. The number of carbonyl (C=O) groups excluding carboxylic acids is 2. The molecule has 0 aliphatic rings. The molecule has 0 radical (unpaired) electrons. The van der Waals surface area contributed by atoms with E-state index in [1.54, 1.807) is 18.6 Å². The van der Waals surface area contributed by atoms with E-state index < -0.39 is 5.97 Å². The van der Waals surface area contributed by atoms with Crippen molar-refractivity contribution in [3.05, 3.63) is 42.0 Å². The van der Waals surface area contributed by atoms with E-state index in [0.29, 0.717) is 5.82 Å². The van der Waals surface area contributed by atoms with E-state index in [0.717, 1.165) is 16.8 Å². The Balaban J connectivity index is 2.03. The SMILES string of the molecule is COC(=O)CCC(=O)NC(C)c1cnc(-c2ccncc2)nc1C. The number of nitrogens with zero attached hydrogens (tertiary/aromatic N) is 3. The Bertz CT molecular complexity index is 719.